The van der Waals surface area contributed by atoms with Gasteiger partial charge in [-0.2, -0.15) is 0 Å². The average Bonchev–Trinajstić information content (AvgIpc) is 3.16. The van der Waals surface area contributed by atoms with Crippen molar-refractivity contribution < 1.29 is 0 Å². The number of anilines is 2. The van der Waals surface area contributed by atoms with Gasteiger partial charge < -0.3 is 9.80 Å². The van der Waals surface area contributed by atoms with E-state index < -0.39 is 0 Å². The minimum absolute atomic E-state index is 0.956. The number of rotatable bonds is 5. The fraction of sp³-hybridized carbons (Fsp3) is 0.129. The third kappa shape index (κ3) is 4.25. The summed E-state index contributed by atoms with van der Waals surface area (Å²) in [7, 11) is 8.23. The second-order valence-electron chi connectivity index (χ2n) is 9.06. The van der Waals surface area contributed by atoms with Crippen LogP contribution in [0, 0.1) is 0 Å². The van der Waals surface area contributed by atoms with Gasteiger partial charge in [-0.25, -0.2) is 0 Å². The molecule has 0 aliphatic heterocycles. The van der Waals surface area contributed by atoms with Crippen molar-refractivity contribution in [3.63, 3.8) is 0 Å². The summed E-state index contributed by atoms with van der Waals surface area (Å²) in [6.07, 6.45) is 4.23. The molecule has 0 atom stereocenters. The first kappa shape index (κ1) is 21.7. The molecule has 0 amide bonds. The van der Waals surface area contributed by atoms with Gasteiger partial charge in [0.15, 0.2) is 0 Å². The SMILES string of the molecule is CN(C)c1ccc(C=Nc2ccc3c(c2)/C(=C\c2ccc(N(C)C)cc2)c2ccccc2-3)cc1. The third-order valence-corrected chi connectivity index (χ3v) is 6.29. The Morgan fingerprint density at radius 2 is 1.12 bits per heavy atom. The minimum Gasteiger partial charge on any atom is -0.378 e. The molecule has 4 aromatic rings. The highest BCUT2D eigenvalue weighted by Gasteiger charge is 2.23. The van der Waals surface area contributed by atoms with E-state index in [0.717, 1.165) is 11.3 Å². The normalized spacial score (nSPS) is 13.2. The molecule has 0 unspecified atom stereocenters. The molecule has 1 aliphatic rings. The van der Waals surface area contributed by atoms with Gasteiger partial charge in [-0.05, 0) is 81.4 Å². The summed E-state index contributed by atoms with van der Waals surface area (Å²) in [6.45, 7) is 0. The number of hydrogen-bond acceptors (Lipinski definition) is 3. The molecule has 0 fully saturated rings. The van der Waals surface area contributed by atoms with Crippen LogP contribution >= 0.6 is 0 Å². The van der Waals surface area contributed by atoms with Gasteiger partial charge in [0, 0.05) is 45.8 Å². The molecular formula is C31H29N3. The van der Waals surface area contributed by atoms with Crippen molar-refractivity contribution in [2.24, 2.45) is 4.99 Å². The largest absolute Gasteiger partial charge is 0.378 e. The lowest BCUT2D eigenvalue weighted by molar-refractivity contribution is 1.13. The van der Waals surface area contributed by atoms with Gasteiger partial charge in [-0.15, -0.1) is 0 Å². The molecular weight excluding hydrogens is 414 g/mol. The van der Waals surface area contributed by atoms with E-state index in [0.29, 0.717) is 0 Å². The quantitative estimate of drug-likeness (QED) is 0.269. The summed E-state index contributed by atoms with van der Waals surface area (Å²) in [5.74, 6) is 0. The van der Waals surface area contributed by atoms with Crippen LogP contribution in [0.15, 0.2) is 96.0 Å². The molecule has 3 nitrogen and oxygen atoms in total. The number of nitrogens with zero attached hydrogens (tertiary/aromatic N) is 3. The monoisotopic (exact) mass is 443 g/mol. The van der Waals surface area contributed by atoms with Crippen LogP contribution in [-0.2, 0) is 0 Å². The van der Waals surface area contributed by atoms with Gasteiger partial charge in [0.05, 0.1) is 5.69 Å². The van der Waals surface area contributed by atoms with Crippen molar-refractivity contribution in [2.45, 2.75) is 0 Å². The van der Waals surface area contributed by atoms with Crippen LogP contribution in [0.4, 0.5) is 17.1 Å². The van der Waals surface area contributed by atoms with Crippen LogP contribution in [0.2, 0.25) is 0 Å². The maximum Gasteiger partial charge on any atom is 0.0636 e. The molecule has 34 heavy (non-hydrogen) atoms. The molecule has 168 valence electrons. The third-order valence-electron chi connectivity index (χ3n) is 6.29. The summed E-state index contributed by atoms with van der Waals surface area (Å²) < 4.78 is 0. The smallest absolute Gasteiger partial charge is 0.0636 e. The Balaban J connectivity index is 1.51. The maximum atomic E-state index is 4.79. The molecule has 0 heterocycles. The standard InChI is InChI=1S/C31H29N3/c1-33(2)25-14-9-22(10-15-25)19-30-28-8-6-5-7-27(28)29-18-13-24(20-31(29)30)32-21-23-11-16-26(17-12-23)34(3)4/h5-21H,1-4H3/b30-19-,32-21?. The summed E-state index contributed by atoms with van der Waals surface area (Å²) in [6, 6.07) is 32.3. The van der Waals surface area contributed by atoms with E-state index in [1.54, 1.807) is 0 Å². The summed E-state index contributed by atoms with van der Waals surface area (Å²) in [4.78, 5) is 9.01. The van der Waals surface area contributed by atoms with Crippen LogP contribution in [0.25, 0.3) is 22.8 Å². The molecule has 0 saturated heterocycles. The highest BCUT2D eigenvalue weighted by atomic mass is 15.1. The summed E-state index contributed by atoms with van der Waals surface area (Å²) >= 11 is 0. The van der Waals surface area contributed by atoms with E-state index in [1.807, 2.05) is 20.3 Å². The molecule has 0 radical (unpaired) electrons. The predicted octanol–water partition coefficient (Wildman–Crippen LogP) is 7.14. The van der Waals surface area contributed by atoms with Crippen LogP contribution in [-0.4, -0.2) is 34.4 Å². The van der Waals surface area contributed by atoms with Crippen molar-refractivity contribution in [2.75, 3.05) is 38.0 Å². The number of benzene rings is 4. The Kier molecular flexibility index (Phi) is 5.77. The van der Waals surface area contributed by atoms with Crippen LogP contribution in [0.1, 0.15) is 22.3 Å². The van der Waals surface area contributed by atoms with Crippen molar-refractivity contribution in [3.05, 3.63) is 113 Å². The lowest BCUT2D eigenvalue weighted by Crippen LogP contribution is -2.08. The maximum absolute atomic E-state index is 4.79. The van der Waals surface area contributed by atoms with Gasteiger partial charge in [0.1, 0.15) is 0 Å². The van der Waals surface area contributed by atoms with E-state index in [4.69, 9.17) is 4.99 Å². The first-order chi connectivity index (χ1) is 16.5. The highest BCUT2D eigenvalue weighted by molar-refractivity contribution is 6.07. The zero-order valence-electron chi connectivity index (χ0n) is 20.2. The summed E-state index contributed by atoms with van der Waals surface area (Å²) in [5, 5.41) is 0. The second-order valence-corrected chi connectivity index (χ2v) is 9.06. The molecule has 0 bridgehead atoms. The lowest BCUT2D eigenvalue weighted by atomic mass is 10.0. The molecule has 0 spiro atoms. The number of hydrogen-bond donors (Lipinski definition) is 0. The van der Waals surface area contributed by atoms with Crippen LogP contribution < -0.4 is 9.80 Å². The Morgan fingerprint density at radius 3 is 1.74 bits per heavy atom. The topological polar surface area (TPSA) is 18.8 Å². The Hall–Kier alpha value is -4.11. The van der Waals surface area contributed by atoms with Crippen LogP contribution in [0.3, 0.4) is 0 Å². The zero-order chi connectivity index (χ0) is 23.7. The molecule has 0 saturated carbocycles. The Labute approximate surface area is 202 Å². The van der Waals surface area contributed by atoms with Crippen molar-refractivity contribution in [3.8, 4) is 11.1 Å². The number of aliphatic imine (C=N–C) groups is 1. The Bertz CT molecular complexity index is 1380. The molecule has 5 rings (SSSR count). The molecule has 3 heteroatoms. The zero-order valence-corrected chi connectivity index (χ0v) is 20.2. The van der Waals surface area contributed by atoms with Crippen molar-refractivity contribution in [1.82, 2.24) is 0 Å². The van der Waals surface area contributed by atoms with Gasteiger partial charge in [-0.3, -0.25) is 4.99 Å². The first-order valence-corrected chi connectivity index (χ1v) is 11.5. The van der Waals surface area contributed by atoms with Gasteiger partial charge in [0.2, 0.25) is 0 Å². The fourth-order valence-electron chi connectivity index (χ4n) is 4.37. The molecule has 0 aromatic heterocycles. The van der Waals surface area contributed by atoms with E-state index >= 15 is 0 Å². The highest BCUT2D eigenvalue weighted by Crippen LogP contribution is 2.46. The van der Waals surface area contributed by atoms with E-state index in [9.17, 15) is 0 Å². The lowest BCUT2D eigenvalue weighted by Gasteiger charge is -2.12. The predicted molar refractivity (Wildman–Crippen MR) is 148 cm³/mol. The average molecular weight is 444 g/mol. The Morgan fingerprint density at radius 1 is 0.559 bits per heavy atom. The van der Waals surface area contributed by atoms with Gasteiger partial charge in [-0.1, -0.05) is 54.6 Å². The van der Waals surface area contributed by atoms with E-state index in [2.05, 4.69) is 121 Å². The minimum atomic E-state index is 0.956. The van der Waals surface area contributed by atoms with Gasteiger partial charge in [0.25, 0.3) is 0 Å². The first-order valence-electron chi connectivity index (χ1n) is 11.5. The summed E-state index contributed by atoms with van der Waals surface area (Å²) in [5.41, 5.74) is 11.9. The van der Waals surface area contributed by atoms with E-state index in [1.165, 1.54) is 44.8 Å². The van der Waals surface area contributed by atoms with Gasteiger partial charge >= 0.3 is 0 Å². The fourth-order valence-corrected chi connectivity index (χ4v) is 4.37. The van der Waals surface area contributed by atoms with E-state index in [-0.39, 0.29) is 0 Å². The van der Waals surface area contributed by atoms with Crippen LogP contribution in [0.5, 0.6) is 0 Å². The molecule has 1 aliphatic carbocycles. The molecule has 0 N–H and O–H groups in total. The van der Waals surface area contributed by atoms with Crippen molar-refractivity contribution in [1.29, 1.82) is 0 Å². The molecule has 4 aromatic carbocycles. The van der Waals surface area contributed by atoms with Crippen molar-refractivity contribution >= 4 is 34.9 Å². The second kappa shape index (κ2) is 9.03. The number of fused-ring (bicyclic) bond motifs is 3.